The Labute approximate surface area is 109 Å². The van der Waals surface area contributed by atoms with E-state index in [-0.39, 0.29) is 12.5 Å². The topological polar surface area (TPSA) is 78.5 Å². The van der Waals surface area contributed by atoms with E-state index in [2.05, 4.69) is 10.0 Å². The highest BCUT2D eigenvalue weighted by Crippen LogP contribution is 2.22. The van der Waals surface area contributed by atoms with Crippen LogP contribution in [0.5, 0.6) is 0 Å². The average molecular weight is 277 g/mol. The van der Waals surface area contributed by atoms with Crippen molar-refractivity contribution in [2.75, 3.05) is 26.2 Å². The molecule has 7 heteroatoms. The first-order chi connectivity index (χ1) is 8.35. The fourth-order valence-corrected chi connectivity index (χ4v) is 3.71. The molecule has 1 aliphatic heterocycles. The van der Waals surface area contributed by atoms with Gasteiger partial charge in [-0.1, -0.05) is 13.8 Å². The highest BCUT2D eigenvalue weighted by Gasteiger charge is 2.30. The molecule has 6 nitrogen and oxygen atoms in total. The molecule has 1 fully saturated rings. The molecule has 1 saturated heterocycles. The van der Waals surface area contributed by atoms with Crippen LogP contribution in [0.3, 0.4) is 0 Å². The van der Waals surface area contributed by atoms with Crippen LogP contribution in [0.2, 0.25) is 0 Å². The van der Waals surface area contributed by atoms with E-state index < -0.39 is 10.2 Å². The summed E-state index contributed by atoms with van der Waals surface area (Å²) in [6.45, 7) is 7.22. The van der Waals surface area contributed by atoms with Crippen molar-refractivity contribution in [2.24, 2.45) is 11.8 Å². The molecule has 0 bridgehead atoms. The predicted molar refractivity (Wildman–Crippen MR) is 70.1 cm³/mol. The number of amides is 1. The van der Waals surface area contributed by atoms with E-state index in [0.29, 0.717) is 31.5 Å². The van der Waals surface area contributed by atoms with Crippen molar-refractivity contribution in [2.45, 2.75) is 27.2 Å². The van der Waals surface area contributed by atoms with Gasteiger partial charge in [0, 0.05) is 19.6 Å². The van der Waals surface area contributed by atoms with E-state index in [1.165, 1.54) is 4.31 Å². The van der Waals surface area contributed by atoms with Gasteiger partial charge in [-0.05, 0) is 25.2 Å². The van der Waals surface area contributed by atoms with Gasteiger partial charge in [0.25, 0.3) is 10.2 Å². The van der Waals surface area contributed by atoms with Gasteiger partial charge in [0.2, 0.25) is 5.91 Å². The highest BCUT2D eigenvalue weighted by molar-refractivity contribution is 7.87. The van der Waals surface area contributed by atoms with Crippen molar-refractivity contribution in [1.82, 2.24) is 14.3 Å². The third-order valence-electron chi connectivity index (χ3n) is 2.96. The van der Waals surface area contributed by atoms with Crippen LogP contribution in [-0.2, 0) is 15.0 Å². The maximum absolute atomic E-state index is 12.0. The lowest BCUT2D eigenvalue weighted by molar-refractivity contribution is -0.119. The fourth-order valence-electron chi connectivity index (χ4n) is 2.31. The molecule has 1 aliphatic rings. The Hall–Kier alpha value is -0.660. The number of carbonyl (C=O) groups is 1. The zero-order valence-corrected chi connectivity index (χ0v) is 12.1. The van der Waals surface area contributed by atoms with Gasteiger partial charge < -0.3 is 5.32 Å². The molecule has 2 atom stereocenters. The number of hydrogen-bond acceptors (Lipinski definition) is 3. The van der Waals surface area contributed by atoms with E-state index in [9.17, 15) is 13.2 Å². The van der Waals surface area contributed by atoms with Gasteiger partial charge in [0.05, 0.1) is 6.54 Å². The van der Waals surface area contributed by atoms with Gasteiger partial charge >= 0.3 is 0 Å². The average Bonchev–Trinajstić information content (AvgIpc) is 2.26. The SMILES string of the molecule is CCNC(=O)CNS(=O)(=O)N1C[C@H](C)C[C@H](C)C1. The molecule has 0 unspecified atom stereocenters. The number of nitrogens with zero attached hydrogens (tertiary/aromatic N) is 1. The quantitative estimate of drug-likeness (QED) is 0.738. The van der Waals surface area contributed by atoms with Crippen LogP contribution >= 0.6 is 0 Å². The van der Waals surface area contributed by atoms with Gasteiger partial charge in [-0.3, -0.25) is 4.79 Å². The molecule has 0 aromatic carbocycles. The molecular weight excluding hydrogens is 254 g/mol. The Morgan fingerprint density at radius 3 is 2.33 bits per heavy atom. The van der Waals surface area contributed by atoms with Crippen LogP contribution in [-0.4, -0.2) is 44.8 Å². The summed E-state index contributed by atoms with van der Waals surface area (Å²) in [6, 6.07) is 0. The van der Waals surface area contributed by atoms with Gasteiger partial charge in [-0.15, -0.1) is 0 Å². The normalized spacial score (nSPS) is 25.9. The van der Waals surface area contributed by atoms with E-state index in [1.54, 1.807) is 6.92 Å². The maximum Gasteiger partial charge on any atom is 0.279 e. The fraction of sp³-hybridized carbons (Fsp3) is 0.909. The Morgan fingerprint density at radius 1 is 1.28 bits per heavy atom. The number of piperidine rings is 1. The lowest BCUT2D eigenvalue weighted by Crippen LogP contribution is -2.49. The summed E-state index contributed by atoms with van der Waals surface area (Å²) in [5, 5.41) is 2.55. The largest absolute Gasteiger partial charge is 0.355 e. The Morgan fingerprint density at radius 2 is 1.83 bits per heavy atom. The van der Waals surface area contributed by atoms with Gasteiger partial charge in [-0.25, -0.2) is 0 Å². The second kappa shape index (κ2) is 6.49. The van der Waals surface area contributed by atoms with Crippen molar-refractivity contribution < 1.29 is 13.2 Å². The maximum atomic E-state index is 12.0. The van der Waals surface area contributed by atoms with Gasteiger partial charge in [0.1, 0.15) is 0 Å². The third-order valence-corrected chi connectivity index (χ3v) is 4.45. The minimum absolute atomic E-state index is 0.199. The predicted octanol–water partition coefficient (Wildman–Crippen LogP) is -0.0652. The number of likely N-dealkylation sites (N-methyl/N-ethyl adjacent to an activating group) is 1. The summed E-state index contributed by atoms with van der Waals surface area (Å²) in [5.74, 6) is 0.406. The molecular formula is C11H23N3O3S. The molecule has 2 N–H and O–H groups in total. The molecule has 1 rings (SSSR count). The zero-order chi connectivity index (χ0) is 13.8. The van der Waals surface area contributed by atoms with Crippen molar-refractivity contribution in [3.63, 3.8) is 0 Å². The van der Waals surface area contributed by atoms with Crippen molar-refractivity contribution in [3.8, 4) is 0 Å². The molecule has 0 spiro atoms. The molecule has 0 saturated carbocycles. The van der Waals surface area contributed by atoms with E-state index >= 15 is 0 Å². The summed E-state index contributed by atoms with van der Waals surface area (Å²) in [6.07, 6.45) is 1.04. The molecule has 0 aliphatic carbocycles. The second-order valence-corrected chi connectivity index (χ2v) is 6.80. The lowest BCUT2D eigenvalue weighted by atomic mass is 9.94. The second-order valence-electron chi connectivity index (χ2n) is 5.04. The summed E-state index contributed by atoms with van der Waals surface area (Å²) in [7, 11) is -3.54. The van der Waals surface area contributed by atoms with Crippen LogP contribution in [0.25, 0.3) is 0 Å². The number of rotatable bonds is 5. The summed E-state index contributed by atoms with van der Waals surface area (Å²) < 4.78 is 27.8. The molecule has 106 valence electrons. The standard InChI is InChI=1S/C11H23N3O3S/c1-4-12-11(15)6-13-18(16,17)14-7-9(2)5-10(3)8-14/h9-10,13H,4-8H2,1-3H3,(H,12,15)/t9-,10+. The van der Waals surface area contributed by atoms with E-state index in [0.717, 1.165) is 6.42 Å². The molecule has 0 radical (unpaired) electrons. The minimum atomic E-state index is -3.54. The Balaban J connectivity index is 2.55. The minimum Gasteiger partial charge on any atom is -0.355 e. The number of nitrogens with one attached hydrogen (secondary N) is 2. The van der Waals surface area contributed by atoms with Gasteiger partial charge in [0.15, 0.2) is 0 Å². The monoisotopic (exact) mass is 277 g/mol. The van der Waals surface area contributed by atoms with E-state index in [4.69, 9.17) is 0 Å². The molecule has 0 aromatic heterocycles. The first kappa shape index (κ1) is 15.4. The first-order valence-corrected chi connectivity index (χ1v) is 7.80. The Kier molecular flexibility index (Phi) is 5.55. The number of carbonyl (C=O) groups excluding carboxylic acids is 1. The Bertz CT molecular complexity index is 373. The third kappa shape index (κ3) is 4.55. The molecule has 18 heavy (non-hydrogen) atoms. The summed E-state index contributed by atoms with van der Waals surface area (Å²) >= 11 is 0. The smallest absolute Gasteiger partial charge is 0.279 e. The first-order valence-electron chi connectivity index (χ1n) is 6.36. The number of hydrogen-bond donors (Lipinski definition) is 2. The molecule has 1 heterocycles. The summed E-state index contributed by atoms with van der Waals surface area (Å²) in [5.41, 5.74) is 0. The zero-order valence-electron chi connectivity index (χ0n) is 11.3. The lowest BCUT2D eigenvalue weighted by Gasteiger charge is -2.33. The highest BCUT2D eigenvalue weighted by atomic mass is 32.2. The molecule has 0 aromatic rings. The molecule has 1 amide bonds. The van der Waals surface area contributed by atoms with Crippen molar-refractivity contribution in [3.05, 3.63) is 0 Å². The van der Waals surface area contributed by atoms with Crippen molar-refractivity contribution in [1.29, 1.82) is 0 Å². The van der Waals surface area contributed by atoms with Crippen LogP contribution in [0.1, 0.15) is 27.2 Å². The van der Waals surface area contributed by atoms with Crippen LogP contribution in [0.15, 0.2) is 0 Å². The van der Waals surface area contributed by atoms with Crippen molar-refractivity contribution >= 4 is 16.1 Å². The van der Waals surface area contributed by atoms with Gasteiger partial charge in [-0.2, -0.15) is 17.4 Å². The van der Waals surface area contributed by atoms with Crippen LogP contribution in [0, 0.1) is 11.8 Å². The van der Waals surface area contributed by atoms with Crippen LogP contribution in [0.4, 0.5) is 0 Å². The van der Waals surface area contributed by atoms with Crippen LogP contribution < -0.4 is 10.0 Å². The van der Waals surface area contributed by atoms with E-state index in [1.807, 2.05) is 13.8 Å². The summed E-state index contributed by atoms with van der Waals surface area (Å²) in [4.78, 5) is 11.2.